The largest absolute Gasteiger partial charge is 0.375 e. The second-order valence-corrected chi connectivity index (χ2v) is 5.12. The fourth-order valence-corrected chi connectivity index (χ4v) is 1.72. The maximum Gasteiger partial charge on any atom is 0.306 e. The Morgan fingerprint density at radius 2 is 2.00 bits per heavy atom. The van der Waals surface area contributed by atoms with Crippen molar-refractivity contribution in [2.75, 3.05) is 5.32 Å². The number of hydrogen-bond acceptors (Lipinski definition) is 3. The smallest absolute Gasteiger partial charge is 0.306 e. The van der Waals surface area contributed by atoms with E-state index in [2.05, 4.69) is 21.2 Å². The van der Waals surface area contributed by atoms with Crippen molar-refractivity contribution in [3.8, 4) is 0 Å². The highest BCUT2D eigenvalue weighted by Crippen LogP contribution is 2.33. The number of para-hydroxylation sites is 1. The first-order valence-electron chi connectivity index (χ1n) is 4.52. The van der Waals surface area contributed by atoms with E-state index in [-0.39, 0.29) is 11.2 Å². The van der Waals surface area contributed by atoms with Crippen molar-refractivity contribution >= 4 is 27.3 Å². The summed E-state index contributed by atoms with van der Waals surface area (Å²) in [5.41, 5.74) is 0.403. The van der Waals surface area contributed by atoms with Crippen molar-refractivity contribution in [3.05, 3.63) is 32.8 Å². The minimum Gasteiger partial charge on any atom is -0.375 e. The molecule has 0 unspecified atom stereocenters. The second-order valence-electron chi connectivity index (χ2n) is 4.27. The molecule has 5 heteroatoms. The fourth-order valence-electron chi connectivity index (χ4n) is 1.21. The topological polar surface area (TPSA) is 55.2 Å². The highest BCUT2D eigenvalue weighted by molar-refractivity contribution is 9.10. The molecule has 0 saturated heterocycles. The van der Waals surface area contributed by atoms with Crippen LogP contribution in [0.5, 0.6) is 0 Å². The Balaban J connectivity index is 3.18. The Morgan fingerprint density at radius 3 is 2.47 bits per heavy atom. The second kappa shape index (κ2) is 4.18. The quantitative estimate of drug-likeness (QED) is 0.662. The van der Waals surface area contributed by atoms with E-state index in [1.54, 1.807) is 18.2 Å². The molecule has 0 fully saturated rings. The molecule has 1 N–H and O–H groups in total. The van der Waals surface area contributed by atoms with E-state index >= 15 is 0 Å². The van der Waals surface area contributed by atoms with Gasteiger partial charge in [0.15, 0.2) is 0 Å². The summed E-state index contributed by atoms with van der Waals surface area (Å²) in [6.07, 6.45) is 0. The number of hydrogen-bond donors (Lipinski definition) is 1. The molecule has 4 nitrogen and oxygen atoms in total. The molecular formula is C10H13BrN2O2. The first-order chi connectivity index (χ1) is 6.81. The Morgan fingerprint density at radius 1 is 1.40 bits per heavy atom. The third-order valence-electron chi connectivity index (χ3n) is 1.68. The van der Waals surface area contributed by atoms with Crippen LogP contribution in [0.15, 0.2) is 22.7 Å². The van der Waals surface area contributed by atoms with Gasteiger partial charge in [-0.05, 0) is 48.8 Å². The van der Waals surface area contributed by atoms with Crippen LogP contribution in [0.1, 0.15) is 20.8 Å². The summed E-state index contributed by atoms with van der Waals surface area (Å²) in [6, 6.07) is 5.13. The van der Waals surface area contributed by atoms with Crippen molar-refractivity contribution in [2.45, 2.75) is 26.3 Å². The van der Waals surface area contributed by atoms with Crippen LogP contribution in [0.4, 0.5) is 11.4 Å². The molecule has 15 heavy (non-hydrogen) atoms. The Bertz CT molecular complexity index is 385. The zero-order valence-electron chi connectivity index (χ0n) is 8.87. The van der Waals surface area contributed by atoms with Crippen molar-refractivity contribution in [3.63, 3.8) is 0 Å². The van der Waals surface area contributed by atoms with Gasteiger partial charge in [-0.1, -0.05) is 6.07 Å². The zero-order chi connectivity index (χ0) is 11.6. The van der Waals surface area contributed by atoms with Gasteiger partial charge < -0.3 is 5.32 Å². The first kappa shape index (κ1) is 12.0. The fraction of sp³-hybridized carbons (Fsp3) is 0.400. The van der Waals surface area contributed by atoms with Gasteiger partial charge >= 0.3 is 5.69 Å². The van der Waals surface area contributed by atoms with Crippen LogP contribution in [0.25, 0.3) is 0 Å². The lowest BCUT2D eigenvalue weighted by Gasteiger charge is -2.22. The Hall–Kier alpha value is -1.10. The van der Waals surface area contributed by atoms with Gasteiger partial charge in [-0.25, -0.2) is 0 Å². The van der Waals surface area contributed by atoms with Crippen LogP contribution >= 0.6 is 15.9 Å². The summed E-state index contributed by atoms with van der Waals surface area (Å²) in [6.45, 7) is 5.87. The van der Waals surface area contributed by atoms with Gasteiger partial charge in [0.2, 0.25) is 0 Å². The van der Waals surface area contributed by atoms with E-state index in [0.29, 0.717) is 10.2 Å². The van der Waals surface area contributed by atoms with E-state index in [4.69, 9.17) is 0 Å². The summed E-state index contributed by atoms with van der Waals surface area (Å²) < 4.78 is 0.488. The number of rotatable bonds is 2. The minimum atomic E-state index is -0.391. The number of nitrogens with zero attached hydrogens (tertiary/aromatic N) is 1. The molecule has 0 aliphatic rings. The molecule has 0 saturated carbocycles. The van der Waals surface area contributed by atoms with E-state index in [1.165, 1.54) is 0 Å². The maximum atomic E-state index is 10.9. The lowest BCUT2D eigenvalue weighted by molar-refractivity contribution is -0.384. The molecule has 1 aromatic carbocycles. The minimum absolute atomic E-state index is 0.0763. The number of nitro benzene ring substituents is 1. The normalized spacial score (nSPS) is 11.2. The van der Waals surface area contributed by atoms with Gasteiger partial charge in [0.25, 0.3) is 0 Å². The summed E-state index contributed by atoms with van der Waals surface area (Å²) >= 11 is 3.17. The molecule has 0 bridgehead atoms. The average Bonchev–Trinajstić information content (AvgIpc) is 1.99. The summed E-state index contributed by atoms with van der Waals surface area (Å²) in [4.78, 5) is 10.5. The highest BCUT2D eigenvalue weighted by atomic mass is 79.9. The summed E-state index contributed by atoms with van der Waals surface area (Å²) in [7, 11) is 0. The van der Waals surface area contributed by atoms with Crippen LogP contribution in [0.2, 0.25) is 0 Å². The molecule has 0 spiro atoms. The Kier molecular flexibility index (Phi) is 3.34. The molecule has 82 valence electrons. The number of anilines is 1. The molecule has 0 heterocycles. The molecule has 0 atom stereocenters. The van der Waals surface area contributed by atoms with E-state index < -0.39 is 4.92 Å². The average molecular weight is 273 g/mol. The standard InChI is InChI=1S/C10H13BrN2O2/c1-10(2,3)12-8-6-4-5-7(11)9(8)13(14)15/h4-6,12H,1-3H3. The highest BCUT2D eigenvalue weighted by Gasteiger charge is 2.21. The van der Waals surface area contributed by atoms with Crippen molar-refractivity contribution < 1.29 is 4.92 Å². The van der Waals surface area contributed by atoms with Crippen molar-refractivity contribution in [1.29, 1.82) is 0 Å². The van der Waals surface area contributed by atoms with Gasteiger partial charge in [0.05, 0.1) is 9.40 Å². The van der Waals surface area contributed by atoms with Gasteiger partial charge in [-0.2, -0.15) is 0 Å². The maximum absolute atomic E-state index is 10.9. The lowest BCUT2D eigenvalue weighted by atomic mass is 10.1. The number of halogens is 1. The number of nitrogens with one attached hydrogen (secondary N) is 1. The van der Waals surface area contributed by atoms with E-state index in [9.17, 15) is 10.1 Å². The molecule has 0 aliphatic heterocycles. The lowest BCUT2D eigenvalue weighted by Crippen LogP contribution is -2.26. The van der Waals surface area contributed by atoms with Gasteiger partial charge in [-0.15, -0.1) is 0 Å². The van der Waals surface area contributed by atoms with E-state index in [0.717, 1.165) is 0 Å². The summed E-state index contributed by atoms with van der Waals surface area (Å²) in [5, 5.41) is 14.0. The van der Waals surface area contributed by atoms with Gasteiger partial charge in [0.1, 0.15) is 5.69 Å². The third-order valence-corrected chi connectivity index (χ3v) is 2.32. The SMILES string of the molecule is CC(C)(C)Nc1cccc(Br)c1[N+](=O)[O-]. The van der Waals surface area contributed by atoms with Crippen molar-refractivity contribution in [2.24, 2.45) is 0 Å². The molecule has 0 aliphatic carbocycles. The first-order valence-corrected chi connectivity index (χ1v) is 5.31. The zero-order valence-corrected chi connectivity index (χ0v) is 10.5. The molecule has 0 amide bonds. The van der Waals surface area contributed by atoms with Crippen LogP contribution in [0.3, 0.4) is 0 Å². The molecule has 1 aromatic rings. The number of nitro groups is 1. The summed E-state index contributed by atoms with van der Waals surface area (Å²) in [5.74, 6) is 0. The predicted molar refractivity (Wildman–Crippen MR) is 64.2 cm³/mol. The van der Waals surface area contributed by atoms with Crippen LogP contribution < -0.4 is 5.32 Å². The van der Waals surface area contributed by atoms with Crippen LogP contribution in [-0.4, -0.2) is 10.5 Å². The van der Waals surface area contributed by atoms with Crippen LogP contribution in [-0.2, 0) is 0 Å². The van der Waals surface area contributed by atoms with E-state index in [1.807, 2.05) is 20.8 Å². The van der Waals surface area contributed by atoms with Crippen molar-refractivity contribution in [1.82, 2.24) is 0 Å². The van der Waals surface area contributed by atoms with Gasteiger partial charge in [-0.3, -0.25) is 10.1 Å². The molecular weight excluding hydrogens is 260 g/mol. The predicted octanol–water partition coefficient (Wildman–Crippen LogP) is 3.57. The number of benzene rings is 1. The monoisotopic (exact) mass is 272 g/mol. The molecule has 1 rings (SSSR count). The van der Waals surface area contributed by atoms with Crippen LogP contribution in [0, 0.1) is 10.1 Å². The molecule has 0 aromatic heterocycles. The Labute approximate surface area is 97.0 Å². The third kappa shape index (κ3) is 3.20. The van der Waals surface area contributed by atoms with Gasteiger partial charge in [0, 0.05) is 5.54 Å². The molecule has 0 radical (unpaired) electrons.